The first-order valence-corrected chi connectivity index (χ1v) is 7.97. The van der Waals surface area contributed by atoms with Crippen LogP contribution in [0.15, 0.2) is 58.1 Å². The SMILES string of the molecule is CCNC(=NCc1ccco1)N1CCC(c2ccccc2)C1. The Morgan fingerprint density at radius 3 is 2.86 bits per heavy atom. The molecule has 1 unspecified atom stereocenters. The lowest BCUT2D eigenvalue weighted by Gasteiger charge is -2.21. The number of furan rings is 1. The van der Waals surface area contributed by atoms with E-state index < -0.39 is 0 Å². The lowest BCUT2D eigenvalue weighted by atomic mass is 9.99. The van der Waals surface area contributed by atoms with Crippen molar-refractivity contribution >= 4 is 5.96 Å². The molecule has 0 spiro atoms. The van der Waals surface area contributed by atoms with Crippen molar-refractivity contribution in [2.24, 2.45) is 4.99 Å². The lowest BCUT2D eigenvalue weighted by Crippen LogP contribution is -2.40. The van der Waals surface area contributed by atoms with Gasteiger partial charge in [-0.1, -0.05) is 30.3 Å². The van der Waals surface area contributed by atoms with Crippen LogP contribution < -0.4 is 5.32 Å². The highest BCUT2D eigenvalue weighted by Gasteiger charge is 2.25. The molecule has 4 heteroatoms. The minimum absolute atomic E-state index is 0.585. The third-order valence-electron chi connectivity index (χ3n) is 4.06. The number of rotatable bonds is 4. The first kappa shape index (κ1) is 14.7. The van der Waals surface area contributed by atoms with E-state index in [1.807, 2.05) is 12.1 Å². The molecule has 1 aliphatic heterocycles. The Labute approximate surface area is 131 Å². The van der Waals surface area contributed by atoms with Gasteiger partial charge in [0.1, 0.15) is 12.3 Å². The van der Waals surface area contributed by atoms with Gasteiger partial charge < -0.3 is 14.6 Å². The fraction of sp³-hybridized carbons (Fsp3) is 0.389. The van der Waals surface area contributed by atoms with Gasteiger partial charge in [-0.05, 0) is 31.0 Å². The van der Waals surface area contributed by atoms with Crippen LogP contribution in [0, 0.1) is 0 Å². The molecule has 4 nitrogen and oxygen atoms in total. The molecule has 1 N–H and O–H groups in total. The van der Waals surface area contributed by atoms with Crippen molar-refractivity contribution in [1.29, 1.82) is 0 Å². The van der Waals surface area contributed by atoms with Crippen LogP contribution in [0.3, 0.4) is 0 Å². The molecule has 0 saturated carbocycles. The van der Waals surface area contributed by atoms with Crippen molar-refractivity contribution in [3.8, 4) is 0 Å². The molecule has 1 saturated heterocycles. The van der Waals surface area contributed by atoms with Crippen molar-refractivity contribution < 1.29 is 4.42 Å². The Kier molecular flexibility index (Phi) is 4.78. The number of benzene rings is 1. The van der Waals surface area contributed by atoms with Gasteiger partial charge in [0.2, 0.25) is 0 Å². The lowest BCUT2D eigenvalue weighted by molar-refractivity contribution is 0.477. The summed E-state index contributed by atoms with van der Waals surface area (Å²) < 4.78 is 5.36. The molecule has 22 heavy (non-hydrogen) atoms. The average molecular weight is 297 g/mol. The zero-order valence-corrected chi connectivity index (χ0v) is 13.0. The minimum Gasteiger partial charge on any atom is -0.467 e. The predicted octanol–water partition coefficient (Wildman–Crippen LogP) is 3.23. The largest absolute Gasteiger partial charge is 0.467 e. The third kappa shape index (κ3) is 3.50. The molecule has 0 aliphatic carbocycles. The van der Waals surface area contributed by atoms with E-state index in [4.69, 9.17) is 9.41 Å². The van der Waals surface area contributed by atoms with Crippen LogP contribution in [-0.2, 0) is 6.54 Å². The normalized spacial score (nSPS) is 18.7. The molecule has 2 aromatic rings. The van der Waals surface area contributed by atoms with Gasteiger partial charge in [0.15, 0.2) is 5.96 Å². The van der Waals surface area contributed by atoms with Crippen LogP contribution in [0.5, 0.6) is 0 Å². The van der Waals surface area contributed by atoms with Crippen molar-refractivity contribution in [2.45, 2.75) is 25.8 Å². The number of likely N-dealkylation sites (tertiary alicyclic amines) is 1. The van der Waals surface area contributed by atoms with Gasteiger partial charge in [-0.15, -0.1) is 0 Å². The molecule has 1 aromatic heterocycles. The molecular weight excluding hydrogens is 274 g/mol. The Morgan fingerprint density at radius 2 is 2.14 bits per heavy atom. The summed E-state index contributed by atoms with van der Waals surface area (Å²) >= 11 is 0. The van der Waals surface area contributed by atoms with Crippen LogP contribution in [0.2, 0.25) is 0 Å². The predicted molar refractivity (Wildman–Crippen MR) is 88.9 cm³/mol. The Hall–Kier alpha value is -2.23. The summed E-state index contributed by atoms with van der Waals surface area (Å²) in [6.07, 6.45) is 2.87. The molecule has 2 heterocycles. The summed E-state index contributed by atoms with van der Waals surface area (Å²) in [7, 11) is 0. The summed E-state index contributed by atoms with van der Waals surface area (Å²) in [6.45, 7) is 5.63. The summed E-state index contributed by atoms with van der Waals surface area (Å²) in [6, 6.07) is 14.6. The monoisotopic (exact) mass is 297 g/mol. The maximum absolute atomic E-state index is 5.36. The fourth-order valence-electron chi connectivity index (χ4n) is 2.93. The summed E-state index contributed by atoms with van der Waals surface area (Å²) in [5.41, 5.74) is 1.42. The first-order valence-electron chi connectivity index (χ1n) is 7.97. The van der Waals surface area contributed by atoms with Crippen molar-refractivity contribution in [1.82, 2.24) is 10.2 Å². The summed E-state index contributed by atoms with van der Waals surface area (Å²) in [4.78, 5) is 7.06. The quantitative estimate of drug-likeness (QED) is 0.696. The van der Waals surface area contributed by atoms with Gasteiger partial charge in [-0.2, -0.15) is 0 Å². The second-order valence-corrected chi connectivity index (χ2v) is 5.59. The number of nitrogens with one attached hydrogen (secondary N) is 1. The smallest absolute Gasteiger partial charge is 0.194 e. The van der Waals surface area contributed by atoms with Crippen LogP contribution in [-0.4, -0.2) is 30.5 Å². The first-order chi connectivity index (χ1) is 10.9. The Balaban J connectivity index is 1.66. The molecular formula is C18H23N3O. The molecule has 116 valence electrons. The molecule has 1 aromatic carbocycles. The summed E-state index contributed by atoms with van der Waals surface area (Å²) in [5, 5.41) is 3.39. The van der Waals surface area contributed by atoms with E-state index in [9.17, 15) is 0 Å². The van der Waals surface area contributed by atoms with E-state index >= 15 is 0 Å². The zero-order chi connectivity index (χ0) is 15.2. The van der Waals surface area contributed by atoms with Gasteiger partial charge in [0.05, 0.1) is 6.26 Å². The molecule has 0 amide bonds. The van der Waals surface area contributed by atoms with E-state index in [2.05, 4.69) is 47.5 Å². The average Bonchev–Trinajstić information content (AvgIpc) is 3.24. The number of hydrogen-bond donors (Lipinski definition) is 1. The minimum atomic E-state index is 0.585. The molecule has 1 fully saturated rings. The van der Waals surface area contributed by atoms with E-state index in [0.717, 1.165) is 31.4 Å². The maximum Gasteiger partial charge on any atom is 0.194 e. The number of hydrogen-bond acceptors (Lipinski definition) is 2. The van der Waals surface area contributed by atoms with E-state index in [-0.39, 0.29) is 0 Å². The second-order valence-electron chi connectivity index (χ2n) is 5.59. The highest BCUT2D eigenvalue weighted by Crippen LogP contribution is 2.26. The van der Waals surface area contributed by atoms with E-state index in [1.165, 1.54) is 12.0 Å². The van der Waals surface area contributed by atoms with Crippen LogP contribution in [0.4, 0.5) is 0 Å². The molecule has 3 rings (SSSR count). The van der Waals surface area contributed by atoms with Crippen molar-refractivity contribution in [3.63, 3.8) is 0 Å². The van der Waals surface area contributed by atoms with Gasteiger partial charge >= 0.3 is 0 Å². The number of guanidine groups is 1. The van der Waals surface area contributed by atoms with Crippen LogP contribution in [0.1, 0.15) is 30.6 Å². The highest BCUT2D eigenvalue weighted by atomic mass is 16.3. The highest BCUT2D eigenvalue weighted by molar-refractivity contribution is 5.80. The molecule has 0 bridgehead atoms. The van der Waals surface area contributed by atoms with Gasteiger partial charge in [0, 0.05) is 25.6 Å². The zero-order valence-electron chi connectivity index (χ0n) is 13.0. The Morgan fingerprint density at radius 1 is 1.27 bits per heavy atom. The third-order valence-corrected chi connectivity index (χ3v) is 4.06. The van der Waals surface area contributed by atoms with Crippen LogP contribution >= 0.6 is 0 Å². The van der Waals surface area contributed by atoms with Crippen molar-refractivity contribution in [3.05, 3.63) is 60.1 Å². The van der Waals surface area contributed by atoms with E-state index in [0.29, 0.717) is 12.5 Å². The fourth-order valence-corrected chi connectivity index (χ4v) is 2.93. The van der Waals surface area contributed by atoms with Crippen molar-refractivity contribution in [2.75, 3.05) is 19.6 Å². The van der Waals surface area contributed by atoms with Gasteiger partial charge in [0.25, 0.3) is 0 Å². The molecule has 1 atom stereocenters. The summed E-state index contributed by atoms with van der Waals surface area (Å²) in [5.74, 6) is 2.47. The number of aliphatic imine (C=N–C) groups is 1. The topological polar surface area (TPSA) is 40.8 Å². The Bertz CT molecular complexity index is 592. The standard InChI is InChI=1S/C18H23N3O/c1-2-19-18(20-13-17-9-6-12-22-17)21-11-10-16(14-21)15-7-4-3-5-8-15/h3-9,12,16H,2,10-11,13-14H2,1H3,(H,19,20). The molecule has 1 aliphatic rings. The van der Waals surface area contributed by atoms with Gasteiger partial charge in [-0.25, -0.2) is 4.99 Å². The van der Waals surface area contributed by atoms with Crippen LogP contribution in [0.25, 0.3) is 0 Å². The van der Waals surface area contributed by atoms with E-state index in [1.54, 1.807) is 6.26 Å². The maximum atomic E-state index is 5.36. The second kappa shape index (κ2) is 7.16. The number of nitrogens with zero attached hydrogens (tertiary/aromatic N) is 2. The molecule has 0 radical (unpaired) electrons. The van der Waals surface area contributed by atoms with Gasteiger partial charge in [-0.3, -0.25) is 0 Å².